The first kappa shape index (κ1) is 18.1. The van der Waals surface area contributed by atoms with Gasteiger partial charge in [-0.15, -0.1) is 0 Å². The number of piperidine rings is 1. The molecule has 0 aliphatic carbocycles. The Morgan fingerprint density at radius 3 is 2.26 bits per heavy atom. The van der Waals surface area contributed by atoms with Crippen molar-refractivity contribution in [3.05, 3.63) is 35.4 Å². The van der Waals surface area contributed by atoms with E-state index in [4.69, 9.17) is 5.11 Å². The highest BCUT2D eigenvalue weighted by Gasteiger charge is 2.21. The lowest BCUT2D eigenvalue weighted by Gasteiger charge is -2.19. The van der Waals surface area contributed by atoms with Gasteiger partial charge in [-0.1, -0.05) is 56.8 Å². The molecule has 1 N–H and O–H groups in total. The minimum absolute atomic E-state index is 0.145. The number of benzene rings is 1. The Labute approximate surface area is 143 Å². The van der Waals surface area contributed by atoms with Gasteiger partial charge in [-0.05, 0) is 23.0 Å². The molecule has 1 fully saturated rings. The zero-order chi connectivity index (χ0) is 16.9. The topological polar surface area (TPSA) is 40.3 Å². The number of aliphatic carboxylic acids is 1. The smallest absolute Gasteiger partial charge is 0.314 e. The van der Waals surface area contributed by atoms with Crippen LogP contribution in [0.25, 0.3) is 0 Å². The number of nitrogens with zero attached hydrogens (tertiary/aromatic N) is 1. The van der Waals surface area contributed by atoms with Crippen LogP contribution in [0.1, 0.15) is 51.2 Å². The molecule has 0 spiro atoms. The van der Waals surface area contributed by atoms with Crippen LogP contribution in [0.3, 0.4) is 0 Å². The second-order valence-corrected chi connectivity index (χ2v) is 8.30. The van der Waals surface area contributed by atoms with Gasteiger partial charge in [0.1, 0.15) is 18.8 Å². The van der Waals surface area contributed by atoms with E-state index in [0.717, 1.165) is 19.5 Å². The fraction of sp³-hybridized carbons (Fsp3) is 0.579. The summed E-state index contributed by atoms with van der Waals surface area (Å²) in [4.78, 5) is 10.9. The zero-order valence-electron chi connectivity index (χ0n) is 14.5. The zero-order valence-corrected chi connectivity index (χ0v) is 15.3. The number of rotatable bonds is 4. The Bertz CT molecular complexity index is 562. The third kappa shape index (κ3) is 5.69. The number of thioether (sulfide) groups is 1. The highest BCUT2D eigenvalue weighted by atomic mass is 32.2. The Kier molecular flexibility index (Phi) is 6.28. The van der Waals surface area contributed by atoms with E-state index in [2.05, 4.69) is 49.6 Å². The Hall–Kier alpha value is -1.29. The summed E-state index contributed by atoms with van der Waals surface area (Å²) in [5.41, 5.74) is 2.76. The second kappa shape index (κ2) is 8.00. The standard InChI is InChI=1S/C19H27NO2S/c1-19(2,3)16-9-7-15(8-10-16)13-17(23-14-18(21)22)20-11-5-4-6-12-20/h7-10H,4-6,11-14H2,1-3H3/p+1. The molecule has 1 aromatic carbocycles. The Balaban J connectivity index is 2.15. The molecule has 1 aliphatic heterocycles. The third-order valence-electron chi connectivity index (χ3n) is 4.25. The maximum atomic E-state index is 10.9. The molecule has 1 heterocycles. The van der Waals surface area contributed by atoms with Gasteiger partial charge >= 0.3 is 5.97 Å². The summed E-state index contributed by atoms with van der Waals surface area (Å²) >= 11 is 1.48. The van der Waals surface area contributed by atoms with Crippen LogP contribution in [-0.4, -0.2) is 39.5 Å². The highest BCUT2D eigenvalue weighted by Crippen LogP contribution is 2.23. The van der Waals surface area contributed by atoms with Gasteiger partial charge in [0, 0.05) is 12.8 Å². The lowest BCUT2D eigenvalue weighted by Crippen LogP contribution is -2.27. The molecule has 4 heteroatoms. The molecular weight excluding hydrogens is 306 g/mol. The van der Waals surface area contributed by atoms with Crippen molar-refractivity contribution in [1.82, 2.24) is 0 Å². The first-order valence-electron chi connectivity index (χ1n) is 8.41. The molecule has 0 radical (unpaired) electrons. The van der Waals surface area contributed by atoms with Crippen LogP contribution in [0.5, 0.6) is 0 Å². The summed E-state index contributed by atoms with van der Waals surface area (Å²) in [6.45, 7) is 8.77. The highest BCUT2D eigenvalue weighted by molar-refractivity contribution is 8.14. The number of carbonyl (C=O) groups is 1. The van der Waals surface area contributed by atoms with Crippen LogP contribution >= 0.6 is 11.8 Å². The molecule has 0 unspecified atom stereocenters. The molecule has 1 aliphatic rings. The van der Waals surface area contributed by atoms with Gasteiger partial charge in [0.05, 0.1) is 6.42 Å². The van der Waals surface area contributed by atoms with Crippen molar-refractivity contribution >= 4 is 22.8 Å². The van der Waals surface area contributed by atoms with E-state index >= 15 is 0 Å². The van der Waals surface area contributed by atoms with Gasteiger partial charge in [-0.25, -0.2) is 4.58 Å². The largest absolute Gasteiger partial charge is 0.481 e. The third-order valence-corrected chi connectivity index (χ3v) is 5.37. The van der Waals surface area contributed by atoms with Crippen LogP contribution in [0.15, 0.2) is 24.3 Å². The molecule has 1 saturated heterocycles. The van der Waals surface area contributed by atoms with E-state index in [-0.39, 0.29) is 11.2 Å². The molecular formula is C19H28NO2S+. The van der Waals surface area contributed by atoms with Gasteiger partial charge in [0.15, 0.2) is 0 Å². The van der Waals surface area contributed by atoms with Crippen LogP contribution in [0, 0.1) is 0 Å². The fourth-order valence-electron chi connectivity index (χ4n) is 2.84. The maximum absolute atomic E-state index is 10.9. The summed E-state index contributed by atoms with van der Waals surface area (Å²) in [6.07, 6.45) is 4.54. The Morgan fingerprint density at radius 2 is 1.74 bits per heavy atom. The predicted octanol–water partition coefficient (Wildman–Crippen LogP) is 3.94. The van der Waals surface area contributed by atoms with Gasteiger partial charge in [0.2, 0.25) is 5.04 Å². The summed E-state index contributed by atoms with van der Waals surface area (Å²) < 4.78 is 2.38. The minimum Gasteiger partial charge on any atom is -0.481 e. The van der Waals surface area contributed by atoms with Gasteiger partial charge in [-0.2, -0.15) is 0 Å². The molecule has 0 saturated carbocycles. The molecule has 3 nitrogen and oxygen atoms in total. The molecule has 0 atom stereocenters. The number of carboxylic acid groups (broad SMARTS) is 1. The quantitative estimate of drug-likeness (QED) is 0.670. The van der Waals surface area contributed by atoms with Crippen LogP contribution < -0.4 is 0 Å². The summed E-state index contributed by atoms with van der Waals surface area (Å²) in [6, 6.07) is 8.77. The molecule has 1 aromatic rings. The molecule has 126 valence electrons. The van der Waals surface area contributed by atoms with Gasteiger partial charge < -0.3 is 5.11 Å². The van der Waals surface area contributed by atoms with E-state index in [9.17, 15) is 4.79 Å². The van der Waals surface area contributed by atoms with Crippen molar-refractivity contribution in [2.24, 2.45) is 0 Å². The second-order valence-electron chi connectivity index (χ2n) is 7.25. The van der Waals surface area contributed by atoms with E-state index in [1.165, 1.54) is 47.2 Å². The van der Waals surface area contributed by atoms with Crippen molar-refractivity contribution in [3.63, 3.8) is 0 Å². The molecule has 0 bridgehead atoms. The van der Waals surface area contributed by atoms with Crippen molar-refractivity contribution in [2.75, 3.05) is 18.8 Å². The maximum Gasteiger partial charge on any atom is 0.314 e. The van der Waals surface area contributed by atoms with E-state index in [0.29, 0.717) is 0 Å². The summed E-state index contributed by atoms with van der Waals surface area (Å²) in [5, 5.41) is 10.2. The average Bonchev–Trinajstić information content (AvgIpc) is 2.51. The fourth-order valence-corrected chi connectivity index (χ4v) is 3.76. The predicted molar refractivity (Wildman–Crippen MR) is 97.8 cm³/mol. The van der Waals surface area contributed by atoms with Crippen LogP contribution in [-0.2, 0) is 16.6 Å². The van der Waals surface area contributed by atoms with Crippen LogP contribution in [0.2, 0.25) is 0 Å². The number of carboxylic acids is 1. The van der Waals surface area contributed by atoms with Crippen molar-refractivity contribution < 1.29 is 14.5 Å². The molecule has 23 heavy (non-hydrogen) atoms. The lowest BCUT2D eigenvalue weighted by atomic mass is 9.86. The SMILES string of the molecule is CC(C)(C)c1ccc(CC(SCC(=O)O)=[N+]2CCCCC2)cc1. The lowest BCUT2D eigenvalue weighted by molar-refractivity contribution is -0.535. The minimum atomic E-state index is -0.743. The first-order chi connectivity index (χ1) is 10.9. The molecule has 0 amide bonds. The summed E-state index contributed by atoms with van der Waals surface area (Å²) in [7, 11) is 0. The molecule has 2 rings (SSSR count). The number of hydrogen-bond donors (Lipinski definition) is 1. The van der Waals surface area contributed by atoms with Crippen molar-refractivity contribution in [2.45, 2.75) is 51.9 Å². The first-order valence-corrected chi connectivity index (χ1v) is 9.39. The van der Waals surface area contributed by atoms with Gasteiger partial charge in [0.25, 0.3) is 0 Å². The van der Waals surface area contributed by atoms with E-state index < -0.39 is 5.97 Å². The number of hydrogen-bond acceptors (Lipinski definition) is 2. The summed E-state index contributed by atoms with van der Waals surface area (Å²) in [5.74, 6) is -0.598. The van der Waals surface area contributed by atoms with Crippen molar-refractivity contribution in [3.8, 4) is 0 Å². The average molecular weight is 335 g/mol. The van der Waals surface area contributed by atoms with Gasteiger partial charge in [-0.3, -0.25) is 4.79 Å². The van der Waals surface area contributed by atoms with Crippen molar-refractivity contribution in [1.29, 1.82) is 0 Å². The van der Waals surface area contributed by atoms with E-state index in [1.54, 1.807) is 0 Å². The van der Waals surface area contributed by atoms with Crippen LogP contribution in [0.4, 0.5) is 0 Å². The Morgan fingerprint density at radius 1 is 1.13 bits per heavy atom. The molecule has 0 aromatic heterocycles. The normalized spacial score (nSPS) is 15.5. The monoisotopic (exact) mass is 334 g/mol. The van der Waals surface area contributed by atoms with E-state index in [1.807, 2.05) is 0 Å².